The molecule has 1 heterocycles. The van der Waals surface area contributed by atoms with Crippen LogP contribution in [0.15, 0.2) is 57.2 Å². The van der Waals surface area contributed by atoms with E-state index in [0.29, 0.717) is 28.9 Å². The van der Waals surface area contributed by atoms with Crippen molar-refractivity contribution < 1.29 is 18.7 Å². The van der Waals surface area contributed by atoms with Crippen molar-refractivity contribution in [1.82, 2.24) is 10.4 Å². The van der Waals surface area contributed by atoms with Gasteiger partial charge in [0.25, 0.3) is 11.1 Å². The highest BCUT2D eigenvalue weighted by Crippen LogP contribution is 2.27. The third-order valence-electron chi connectivity index (χ3n) is 3.49. The molecular weight excluding hydrogens is 366 g/mol. The van der Waals surface area contributed by atoms with Gasteiger partial charge >= 0.3 is 0 Å². The second kappa shape index (κ2) is 9.09. The van der Waals surface area contributed by atoms with Crippen molar-refractivity contribution in [2.75, 3.05) is 19.5 Å². The van der Waals surface area contributed by atoms with Gasteiger partial charge in [0.15, 0.2) is 17.1 Å². The number of amides is 1. The lowest BCUT2D eigenvalue weighted by Gasteiger charge is -2.09. The van der Waals surface area contributed by atoms with Crippen molar-refractivity contribution in [3.05, 3.63) is 48.0 Å². The number of ether oxygens (including phenoxy) is 2. The standard InChI is InChI=1S/C19H19N3O4S/c1-3-25-16-9-8-13(10-17(16)24-2)11-20-22-18(23)12-27-19-21-14-6-4-5-7-15(14)26-19/h4-11H,3,12H2,1-2H3,(H,22,23). The second-order valence-electron chi connectivity index (χ2n) is 5.37. The Morgan fingerprint density at radius 2 is 2.15 bits per heavy atom. The number of hydrazone groups is 1. The highest BCUT2D eigenvalue weighted by Gasteiger charge is 2.08. The van der Waals surface area contributed by atoms with Gasteiger partial charge in [-0.15, -0.1) is 0 Å². The smallest absolute Gasteiger partial charge is 0.257 e. The van der Waals surface area contributed by atoms with Gasteiger partial charge in [0.2, 0.25) is 0 Å². The first kappa shape index (κ1) is 18.8. The lowest BCUT2D eigenvalue weighted by Crippen LogP contribution is -2.19. The maximum absolute atomic E-state index is 11.9. The molecule has 0 saturated heterocycles. The van der Waals surface area contributed by atoms with E-state index in [1.807, 2.05) is 37.3 Å². The Bertz CT molecular complexity index is 922. The normalized spacial score (nSPS) is 11.0. The van der Waals surface area contributed by atoms with Gasteiger partial charge in [0, 0.05) is 0 Å². The molecule has 0 saturated carbocycles. The maximum atomic E-state index is 11.9. The Balaban J connectivity index is 1.52. The van der Waals surface area contributed by atoms with E-state index in [-0.39, 0.29) is 11.7 Å². The molecule has 2 aromatic carbocycles. The number of benzene rings is 2. The fourth-order valence-corrected chi connectivity index (χ4v) is 2.92. The van der Waals surface area contributed by atoms with E-state index < -0.39 is 0 Å². The molecule has 0 fully saturated rings. The highest BCUT2D eigenvalue weighted by atomic mass is 32.2. The van der Waals surface area contributed by atoms with E-state index in [0.717, 1.165) is 11.1 Å². The van der Waals surface area contributed by atoms with Crippen LogP contribution in [0.3, 0.4) is 0 Å². The number of methoxy groups -OCH3 is 1. The largest absolute Gasteiger partial charge is 0.493 e. The Labute approximate surface area is 160 Å². The second-order valence-corrected chi connectivity index (χ2v) is 6.30. The van der Waals surface area contributed by atoms with Crippen molar-refractivity contribution in [2.24, 2.45) is 5.10 Å². The average Bonchev–Trinajstić information content (AvgIpc) is 3.10. The molecule has 3 rings (SSSR count). The molecule has 27 heavy (non-hydrogen) atoms. The molecular formula is C19H19N3O4S. The van der Waals surface area contributed by atoms with Crippen molar-refractivity contribution in [3.63, 3.8) is 0 Å². The molecule has 0 unspecified atom stereocenters. The van der Waals surface area contributed by atoms with Gasteiger partial charge in [-0.05, 0) is 42.8 Å². The first-order chi connectivity index (χ1) is 13.2. The van der Waals surface area contributed by atoms with Crippen LogP contribution < -0.4 is 14.9 Å². The SMILES string of the molecule is CCOc1ccc(C=NNC(=O)CSc2nc3ccccc3o2)cc1OC. The van der Waals surface area contributed by atoms with Crippen LogP contribution in [0.1, 0.15) is 12.5 Å². The van der Waals surface area contributed by atoms with Gasteiger partial charge in [-0.3, -0.25) is 4.79 Å². The third kappa shape index (κ3) is 5.01. The van der Waals surface area contributed by atoms with Crippen LogP contribution in [0.4, 0.5) is 0 Å². The van der Waals surface area contributed by atoms with E-state index in [1.165, 1.54) is 11.8 Å². The maximum Gasteiger partial charge on any atom is 0.257 e. The topological polar surface area (TPSA) is 86.0 Å². The molecule has 0 aliphatic carbocycles. The zero-order valence-corrected chi connectivity index (χ0v) is 15.8. The number of carbonyl (C=O) groups is 1. The van der Waals surface area contributed by atoms with Gasteiger partial charge in [0.05, 0.1) is 25.7 Å². The molecule has 1 N–H and O–H groups in total. The Morgan fingerprint density at radius 1 is 1.30 bits per heavy atom. The first-order valence-electron chi connectivity index (χ1n) is 8.30. The number of thioether (sulfide) groups is 1. The van der Waals surface area contributed by atoms with Crippen molar-refractivity contribution in [2.45, 2.75) is 12.1 Å². The zero-order valence-electron chi connectivity index (χ0n) is 15.0. The summed E-state index contributed by atoms with van der Waals surface area (Å²) in [5.41, 5.74) is 4.72. The number of rotatable bonds is 8. The lowest BCUT2D eigenvalue weighted by atomic mass is 10.2. The summed E-state index contributed by atoms with van der Waals surface area (Å²) >= 11 is 1.21. The summed E-state index contributed by atoms with van der Waals surface area (Å²) in [4.78, 5) is 16.2. The van der Waals surface area contributed by atoms with E-state index in [4.69, 9.17) is 13.9 Å². The molecule has 0 bridgehead atoms. The van der Waals surface area contributed by atoms with Crippen LogP contribution in [-0.4, -0.2) is 36.6 Å². The quantitative estimate of drug-likeness (QED) is 0.363. The molecule has 0 atom stereocenters. The molecule has 8 heteroatoms. The molecule has 0 spiro atoms. The van der Waals surface area contributed by atoms with Gasteiger partial charge in [-0.2, -0.15) is 5.10 Å². The van der Waals surface area contributed by atoms with Crippen LogP contribution in [0.25, 0.3) is 11.1 Å². The number of fused-ring (bicyclic) bond motifs is 1. The predicted octanol–water partition coefficient (Wildman–Crippen LogP) is 3.48. The first-order valence-corrected chi connectivity index (χ1v) is 9.29. The van der Waals surface area contributed by atoms with Crippen LogP contribution in [0.2, 0.25) is 0 Å². The average molecular weight is 385 g/mol. The van der Waals surface area contributed by atoms with Gasteiger partial charge in [0.1, 0.15) is 5.52 Å². The number of oxazole rings is 1. The summed E-state index contributed by atoms with van der Waals surface area (Å²) in [7, 11) is 1.57. The fourth-order valence-electron chi connectivity index (χ4n) is 2.29. The monoisotopic (exact) mass is 385 g/mol. The van der Waals surface area contributed by atoms with Crippen molar-refractivity contribution in [3.8, 4) is 11.5 Å². The molecule has 3 aromatic rings. The molecule has 0 radical (unpaired) electrons. The Morgan fingerprint density at radius 3 is 2.93 bits per heavy atom. The third-order valence-corrected chi connectivity index (χ3v) is 4.32. The molecule has 0 aliphatic heterocycles. The highest BCUT2D eigenvalue weighted by molar-refractivity contribution is 7.99. The van der Waals surface area contributed by atoms with Crippen LogP contribution in [0.5, 0.6) is 11.5 Å². The van der Waals surface area contributed by atoms with Crippen LogP contribution >= 0.6 is 11.8 Å². The molecule has 7 nitrogen and oxygen atoms in total. The number of aromatic nitrogens is 1. The molecule has 0 aliphatic rings. The molecule has 1 amide bonds. The fraction of sp³-hybridized carbons (Fsp3) is 0.211. The summed E-state index contributed by atoms with van der Waals surface area (Å²) in [6, 6.07) is 12.9. The number of hydrogen-bond acceptors (Lipinski definition) is 7. The summed E-state index contributed by atoms with van der Waals surface area (Å²) in [6.07, 6.45) is 1.54. The number of carbonyl (C=O) groups excluding carboxylic acids is 1. The Kier molecular flexibility index (Phi) is 6.32. The van der Waals surface area contributed by atoms with Crippen molar-refractivity contribution >= 4 is 35.0 Å². The molecule has 140 valence electrons. The van der Waals surface area contributed by atoms with Gasteiger partial charge in [-0.25, -0.2) is 10.4 Å². The van der Waals surface area contributed by atoms with E-state index in [9.17, 15) is 4.79 Å². The summed E-state index contributed by atoms with van der Waals surface area (Å²) in [5, 5.41) is 4.41. The predicted molar refractivity (Wildman–Crippen MR) is 105 cm³/mol. The lowest BCUT2D eigenvalue weighted by molar-refractivity contribution is -0.118. The van der Waals surface area contributed by atoms with E-state index >= 15 is 0 Å². The number of para-hydroxylation sites is 2. The summed E-state index contributed by atoms with van der Waals surface area (Å²) < 4.78 is 16.3. The van der Waals surface area contributed by atoms with E-state index in [2.05, 4.69) is 15.5 Å². The van der Waals surface area contributed by atoms with Crippen molar-refractivity contribution in [1.29, 1.82) is 0 Å². The Hall–Kier alpha value is -3.00. The van der Waals surface area contributed by atoms with Crippen LogP contribution in [0, 0.1) is 0 Å². The number of hydrogen-bond donors (Lipinski definition) is 1. The zero-order chi connectivity index (χ0) is 19.1. The minimum Gasteiger partial charge on any atom is -0.493 e. The number of nitrogens with zero attached hydrogens (tertiary/aromatic N) is 2. The summed E-state index contributed by atoms with van der Waals surface area (Å²) in [5.74, 6) is 1.17. The van der Waals surface area contributed by atoms with E-state index in [1.54, 1.807) is 25.5 Å². The van der Waals surface area contributed by atoms with Gasteiger partial charge in [-0.1, -0.05) is 23.9 Å². The molecule has 1 aromatic heterocycles. The number of nitrogens with one attached hydrogen (secondary N) is 1. The van der Waals surface area contributed by atoms with Crippen LogP contribution in [-0.2, 0) is 4.79 Å². The summed E-state index contributed by atoms with van der Waals surface area (Å²) in [6.45, 7) is 2.46. The minimum absolute atomic E-state index is 0.150. The minimum atomic E-state index is -0.253. The van der Waals surface area contributed by atoms with Gasteiger partial charge < -0.3 is 13.9 Å².